The predicted octanol–water partition coefficient (Wildman–Crippen LogP) is 5.33. The lowest BCUT2D eigenvalue weighted by Gasteiger charge is -2.17. The van der Waals surface area contributed by atoms with Gasteiger partial charge in [0.25, 0.3) is 0 Å². The average molecular weight is 320 g/mol. The van der Waals surface area contributed by atoms with Crippen molar-refractivity contribution in [3.05, 3.63) is 89.2 Å². The molecule has 2 aromatic carbocycles. The van der Waals surface area contributed by atoms with E-state index < -0.39 is 0 Å². The highest BCUT2D eigenvalue weighted by atomic mass is 16.5. The Kier molecular flexibility index (Phi) is 5.37. The number of allylic oxidation sites excluding steroid dienone is 3. The summed E-state index contributed by atoms with van der Waals surface area (Å²) in [6.45, 7) is 5.29. The quantitative estimate of drug-likeness (QED) is 0.670. The molecule has 0 bridgehead atoms. The second-order valence-corrected chi connectivity index (χ2v) is 6.23. The van der Waals surface area contributed by atoms with Crippen LogP contribution in [0.15, 0.2) is 72.5 Å². The molecule has 1 atom stereocenters. The first-order valence-electron chi connectivity index (χ1n) is 8.48. The molecule has 0 fully saturated rings. The second kappa shape index (κ2) is 7.87. The van der Waals surface area contributed by atoms with E-state index in [1.807, 2.05) is 24.3 Å². The lowest BCUT2D eigenvalue weighted by molar-refractivity contribution is 0.162. The highest BCUT2D eigenvalue weighted by Gasteiger charge is 2.11. The fourth-order valence-electron chi connectivity index (χ4n) is 2.72. The van der Waals surface area contributed by atoms with Gasteiger partial charge in [-0.2, -0.15) is 0 Å². The molecule has 1 unspecified atom stereocenters. The summed E-state index contributed by atoms with van der Waals surface area (Å²) in [5.41, 5.74) is 3.89. The van der Waals surface area contributed by atoms with Crippen LogP contribution in [0, 0.1) is 13.8 Å². The van der Waals surface area contributed by atoms with Crippen LogP contribution in [0.5, 0.6) is 5.75 Å². The number of hydrogen-bond acceptors (Lipinski definition) is 2. The summed E-state index contributed by atoms with van der Waals surface area (Å²) in [5, 5.41) is 0. The molecular formula is C22H24O2. The van der Waals surface area contributed by atoms with Crippen molar-refractivity contribution in [2.75, 3.05) is 13.2 Å². The first-order chi connectivity index (χ1) is 11.7. The van der Waals surface area contributed by atoms with Gasteiger partial charge in [-0.25, -0.2) is 0 Å². The van der Waals surface area contributed by atoms with Crippen molar-refractivity contribution in [1.29, 1.82) is 0 Å². The van der Waals surface area contributed by atoms with Crippen molar-refractivity contribution in [2.45, 2.75) is 26.2 Å². The topological polar surface area (TPSA) is 18.5 Å². The zero-order valence-electron chi connectivity index (χ0n) is 14.4. The van der Waals surface area contributed by atoms with Crippen LogP contribution in [0.3, 0.4) is 0 Å². The van der Waals surface area contributed by atoms with E-state index in [0.29, 0.717) is 19.1 Å². The van der Waals surface area contributed by atoms with Gasteiger partial charge in [0.15, 0.2) is 0 Å². The van der Waals surface area contributed by atoms with Crippen LogP contribution in [0.2, 0.25) is 0 Å². The summed E-state index contributed by atoms with van der Waals surface area (Å²) in [6.07, 6.45) is 7.44. The van der Waals surface area contributed by atoms with E-state index in [2.05, 4.69) is 56.3 Å². The Morgan fingerprint density at radius 3 is 2.08 bits per heavy atom. The lowest BCUT2D eigenvalue weighted by atomic mass is 9.92. The van der Waals surface area contributed by atoms with Gasteiger partial charge in [0.2, 0.25) is 0 Å². The molecule has 0 aliphatic heterocycles. The summed E-state index contributed by atoms with van der Waals surface area (Å²) >= 11 is 0. The molecular weight excluding hydrogens is 296 g/mol. The molecule has 3 rings (SSSR count). The molecule has 24 heavy (non-hydrogen) atoms. The Morgan fingerprint density at radius 2 is 1.46 bits per heavy atom. The van der Waals surface area contributed by atoms with Gasteiger partial charge < -0.3 is 9.47 Å². The van der Waals surface area contributed by atoms with E-state index in [1.165, 1.54) is 16.7 Å². The lowest BCUT2D eigenvalue weighted by Crippen LogP contribution is -2.07. The van der Waals surface area contributed by atoms with E-state index in [1.54, 1.807) is 0 Å². The molecule has 1 aliphatic rings. The number of aryl methyl sites for hydroxylation is 2. The van der Waals surface area contributed by atoms with Crippen LogP contribution in [0.25, 0.3) is 0 Å². The molecule has 0 N–H and O–H groups in total. The summed E-state index contributed by atoms with van der Waals surface area (Å²) in [4.78, 5) is 0. The molecule has 0 saturated carbocycles. The number of hydrogen-bond donors (Lipinski definition) is 0. The van der Waals surface area contributed by atoms with Crippen LogP contribution in [-0.2, 0) is 4.74 Å². The third kappa shape index (κ3) is 4.51. The molecule has 0 amide bonds. The van der Waals surface area contributed by atoms with Gasteiger partial charge in [0.05, 0.1) is 0 Å². The van der Waals surface area contributed by atoms with Crippen molar-refractivity contribution in [3.63, 3.8) is 0 Å². The highest BCUT2D eigenvalue weighted by molar-refractivity contribution is 5.32. The maximum atomic E-state index is 5.78. The van der Waals surface area contributed by atoms with Crippen LogP contribution in [0.1, 0.15) is 29.0 Å². The summed E-state index contributed by atoms with van der Waals surface area (Å²) in [7, 11) is 0. The van der Waals surface area contributed by atoms with Gasteiger partial charge in [-0.15, -0.1) is 0 Å². The van der Waals surface area contributed by atoms with Gasteiger partial charge >= 0.3 is 0 Å². The highest BCUT2D eigenvalue weighted by Crippen LogP contribution is 2.27. The van der Waals surface area contributed by atoms with Crippen molar-refractivity contribution in [3.8, 4) is 5.75 Å². The van der Waals surface area contributed by atoms with Gasteiger partial charge in [-0.05, 0) is 50.1 Å². The van der Waals surface area contributed by atoms with E-state index >= 15 is 0 Å². The molecule has 124 valence electrons. The minimum absolute atomic E-state index is 0.446. The van der Waals surface area contributed by atoms with Crippen LogP contribution < -0.4 is 4.74 Å². The maximum Gasteiger partial charge on any atom is 0.122 e. The van der Waals surface area contributed by atoms with Gasteiger partial charge in [0.1, 0.15) is 24.7 Å². The van der Waals surface area contributed by atoms with E-state index in [9.17, 15) is 0 Å². The first-order valence-corrected chi connectivity index (χ1v) is 8.48. The van der Waals surface area contributed by atoms with Gasteiger partial charge in [0, 0.05) is 5.92 Å². The van der Waals surface area contributed by atoms with E-state index in [-0.39, 0.29) is 0 Å². The summed E-state index contributed by atoms with van der Waals surface area (Å²) in [6, 6.07) is 16.8. The Balaban J connectivity index is 1.42. The predicted molar refractivity (Wildman–Crippen MR) is 98.4 cm³/mol. The van der Waals surface area contributed by atoms with E-state index in [0.717, 1.165) is 17.9 Å². The largest absolute Gasteiger partial charge is 0.490 e. The minimum Gasteiger partial charge on any atom is -0.490 e. The molecule has 2 nitrogen and oxygen atoms in total. The van der Waals surface area contributed by atoms with Crippen molar-refractivity contribution >= 4 is 0 Å². The first kappa shape index (κ1) is 16.4. The van der Waals surface area contributed by atoms with Crippen LogP contribution in [0.4, 0.5) is 0 Å². The van der Waals surface area contributed by atoms with Crippen LogP contribution in [-0.4, -0.2) is 13.2 Å². The Bertz CT molecular complexity index is 709. The smallest absolute Gasteiger partial charge is 0.122 e. The maximum absolute atomic E-state index is 5.78. The minimum atomic E-state index is 0.446. The van der Waals surface area contributed by atoms with Gasteiger partial charge in [-0.1, -0.05) is 53.6 Å². The third-order valence-corrected chi connectivity index (χ3v) is 4.21. The second-order valence-electron chi connectivity index (χ2n) is 6.23. The standard InChI is InChI=1S/C22H24O2/c1-17-3-7-19(8-4-17)20-9-13-22(14-10-20)24-16-15-23-21-11-5-18(2)6-12-21/h3-9,11-14,20H,10,15-16H2,1-2H3. The zero-order valence-corrected chi connectivity index (χ0v) is 14.4. The van der Waals surface area contributed by atoms with Crippen molar-refractivity contribution < 1.29 is 9.47 Å². The number of ether oxygens (including phenoxy) is 2. The SMILES string of the molecule is Cc1ccc(OCCOC2=CCC(c3ccc(C)cc3)C=C2)cc1. The Morgan fingerprint density at radius 1 is 0.833 bits per heavy atom. The summed E-state index contributed by atoms with van der Waals surface area (Å²) in [5.74, 6) is 2.27. The van der Waals surface area contributed by atoms with E-state index in [4.69, 9.17) is 9.47 Å². The Labute approximate surface area is 144 Å². The van der Waals surface area contributed by atoms with Crippen LogP contribution >= 0.6 is 0 Å². The number of benzene rings is 2. The molecule has 0 heterocycles. The molecule has 0 radical (unpaired) electrons. The molecule has 1 aliphatic carbocycles. The molecule has 0 saturated heterocycles. The average Bonchev–Trinajstić information content (AvgIpc) is 2.62. The fraction of sp³-hybridized carbons (Fsp3) is 0.273. The third-order valence-electron chi connectivity index (χ3n) is 4.21. The summed E-state index contributed by atoms with van der Waals surface area (Å²) < 4.78 is 11.5. The van der Waals surface area contributed by atoms with Crippen molar-refractivity contribution in [2.24, 2.45) is 0 Å². The Hall–Kier alpha value is -2.48. The monoisotopic (exact) mass is 320 g/mol. The molecule has 0 spiro atoms. The van der Waals surface area contributed by atoms with Crippen molar-refractivity contribution in [1.82, 2.24) is 0 Å². The fourth-order valence-corrected chi connectivity index (χ4v) is 2.72. The normalized spacial score (nSPS) is 16.6. The zero-order chi connectivity index (χ0) is 16.8. The molecule has 0 aromatic heterocycles. The molecule has 2 aromatic rings. The molecule has 2 heteroatoms. The van der Waals surface area contributed by atoms with Gasteiger partial charge in [-0.3, -0.25) is 0 Å². The number of rotatable bonds is 6.